The molecule has 0 aromatic heterocycles. The Labute approximate surface area is 136 Å². The van der Waals surface area contributed by atoms with E-state index in [2.05, 4.69) is 10.0 Å². The maximum Gasteiger partial charge on any atom is 0.261 e. The van der Waals surface area contributed by atoms with Crippen molar-refractivity contribution < 1.29 is 13.2 Å². The van der Waals surface area contributed by atoms with Crippen LogP contribution in [-0.4, -0.2) is 14.3 Å². The Morgan fingerprint density at radius 3 is 2.26 bits per heavy atom. The number of rotatable bonds is 5. The SMILES string of the molecule is CCC(=O)Nc1ccc(S(=O)(=O)Nc2ccc(C)cc2C)cc1. The lowest BCUT2D eigenvalue weighted by molar-refractivity contribution is -0.115. The van der Waals surface area contributed by atoms with Crippen molar-refractivity contribution in [3.05, 3.63) is 53.6 Å². The van der Waals surface area contributed by atoms with Crippen LogP contribution in [0.3, 0.4) is 0 Å². The van der Waals surface area contributed by atoms with Crippen LogP contribution < -0.4 is 10.0 Å². The van der Waals surface area contributed by atoms with Gasteiger partial charge >= 0.3 is 0 Å². The van der Waals surface area contributed by atoms with Crippen molar-refractivity contribution in [1.29, 1.82) is 0 Å². The van der Waals surface area contributed by atoms with Crippen molar-refractivity contribution in [3.8, 4) is 0 Å². The first-order valence-corrected chi connectivity index (χ1v) is 8.80. The lowest BCUT2D eigenvalue weighted by Gasteiger charge is -2.12. The highest BCUT2D eigenvalue weighted by Gasteiger charge is 2.15. The van der Waals surface area contributed by atoms with Crippen molar-refractivity contribution >= 4 is 27.3 Å². The van der Waals surface area contributed by atoms with E-state index in [0.717, 1.165) is 11.1 Å². The summed E-state index contributed by atoms with van der Waals surface area (Å²) < 4.78 is 27.4. The summed E-state index contributed by atoms with van der Waals surface area (Å²) >= 11 is 0. The largest absolute Gasteiger partial charge is 0.326 e. The van der Waals surface area contributed by atoms with Gasteiger partial charge in [-0.15, -0.1) is 0 Å². The molecular formula is C17H20N2O3S. The second-order valence-corrected chi connectivity index (χ2v) is 7.03. The summed E-state index contributed by atoms with van der Waals surface area (Å²) in [6.07, 6.45) is 0.369. The van der Waals surface area contributed by atoms with E-state index in [1.807, 2.05) is 26.0 Å². The van der Waals surface area contributed by atoms with Crippen LogP contribution in [0.15, 0.2) is 47.4 Å². The Hall–Kier alpha value is -2.34. The minimum Gasteiger partial charge on any atom is -0.326 e. The maximum atomic E-state index is 12.4. The smallest absolute Gasteiger partial charge is 0.261 e. The maximum absolute atomic E-state index is 12.4. The highest BCUT2D eigenvalue weighted by atomic mass is 32.2. The highest BCUT2D eigenvalue weighted by molar-refractivity contribution is 7.92. The van der Waals surface area contributed by atoms with Crippen LogP contribution in [-0.2, 0) is 14.8 Å². The molecule has 6 heteroatoms. The van der Waals surface area contributed by atoms with Crippen LogP contribution in [0.5, 0.6) is 0 Å². The van der Waals surface area contributed by atoms with Gasteiger partial charge in [0.05, 0.1) is 10.6 Å². The Bertz CT molecular complexity index is 812. The van der Waals surface area contributed by atoms with Crippen molar-refractivity contribution in [2.24, 2.45) is 0 Å². The van der Waals surface area contributed by atoms with Gasteiger partial charge in [-0.25, -0.2) is 8.42 Å². The number of carbonyl (C=O) groups is 1. The molecule has 0 spiro atoms. The molecule has 0 saturated heterocycles. The molecule has 5 nitrogen and oxygen atoms in total. The van der Waals surface area contributed by atoms with Crippen molar-refractivity contribution in [3.63, 3.8) is 0 Å². The normalized spacial score (nSPS) is 11.1. The number of carbonyl (C=O) groups excluding carboxylic acids is 1. The minimum absolute atomic E-state index is 0.117. The molecule has 1 amide bonds. The molecule has 0 heterocycles. The van der Waals surface area contributed by atoms with Crippen LogP contribution in [0.1, 0.15) is 24.5 Å². The fourth-order valence-electron chi connectivity index (χ4n) is 2.10. The standard InChI is InChI=1S/C17H20N2O3S/c1-4-17(20)18-14-6-8-15(9-7-14)23(21,22)19-16-10-5-12(2)11-13(16)3/h5-11,19H,4H2,1-3H3,(H,18,20). The molecule has 0 bridgehead atoms. The van der Waals surface area contributed by atoms with Gasteiger partial charge in [0.2, 0.25) is 5.91 Å². The van der Waals surface area contributed by atoms with Gasteiger partial charge in [0.1, 0.15) is 0 Å². The minimum atomic E-state index is -3.66. The Morgan fingerprint density at radius 1 is 1.04 bits per heavy atom. The first-order chi connectivity index (χ1) is 10.8. The molecule has 122 valence electrons. The average Bonchev–Trinajstić information content (AvgIpc) is 2.50. The van der Waals surface area contributed by atoms with E-state index in [1.165, 1.54) is 12.1 Å². The molecule has 23 heavy (non-hydrogen) atoms. The number of aryl methyl sites for hydroxylation is 2. The summed E-state index contributed by atoms with van der Waals surface area (Å²) in [6.45, 7) is 5.56. The molecule has 2 rings (SSSR count). The molecule has 0 radical (unpaired) electrons. The van der Waals surface area contributed by atoms with Gasteiger partial charge in [0.15, 0.2) is 0 Å². The quantitative estimate of drug-likeness (QED) is 0.880. The summed E-state index contributed by atoms with van der Waals surface area (Å²) in [5, 5.41) is 2.68. The number of hydrogen-bond donors (Lipinski definition) is 2. The van der Waals surface area contributed by atoms with Crippen LogP contribution in [0.2, 0.25) is 0 Å². The molecule has 0 aliphatic carbocycles. The number of benzene rings is 2. The molecule has 0 fully saturated rings. The van der Waals surface area contributed by atoms with Gasteiger partial charge in [0, 0.05) is 12.1 Å². The van der Waals surface area contributed by atoms with Gasteiger partial charge in [-0.1, -0.05) is 24.6 Å². The zero-order valence-electron chi connectivity index (χ0n) is 13.4. The Morgan fingerprint density at radius 2 is 1.70 bits per heavy atom. The molecule has 2 aromatic rings. The number of anilines is 2. The predicted octanol–water partition coefficient (Wildman–Crippen LogP) is 3.45. The van der Waals surface area contributed by atoms with Gasteiger partial charge in [0.25, 0.3) is 10.0 Å². The second-order valence-electron chi connectivity index (χ2n) is 5.35. The first kappa shape index (κ1) is 17.0. The van der Waals surface area contributed by atoms with Crippen molar-refractivity contribution in [2.45, 2.75) is 32.1 Å². The lowest BCUT2D eigenvalue weighted by Crippen LogP contribution is -2.14. The molecule has 0 atom stereocenters. The third kappa shape index (κ3) is 4.32. The van der Waals surface area contributed by atoms with E-state index >= 15 is 0 Å². The van der Waals surface area contributed by atoms with Crippen LogP contribution in [0.25, 0.3) is 0 Å². The second kappa shape index (κ2) is 6.83. The van der Waals surface area contributed by atoms with Crippen molar-refractivity contribution in [2.75, 3.05) is 10.0 Å². The van der Waals surface area contributed by atoms with Crippen LogP contribution >= 0.6 is 0 Å². The van der Waals surface area contributed by atoms with Gasteiger partial charge in [-0.2, -0.15) is 0 Å². The highest BCUT2D eigenvalue weighted by Crippen LogP contribution is 2.21. The molecule has 0 aliphatic rings. The summed E-state index contributed by atoms with van der Waals surface area (Å²) in [7, 11) is -3.66. The summed E-state index contributed by atoms with van der Waals surface area (Å²) in [4.78, 5) is 11.5. The Balaban J connectivity index is 2.20. The number of hydrogen-bond acceptors (Lipinski definition) is 3. The van der Waals surface area contributed by atoms with Crippen molar-refractivity contribution in [1.82, 2.24) is 0 Å². The third-order valence-corrected chi connectivity index (χ3v) is 4.78. The van der Waals surface area contributed by atoms with Crippen LogP contribution in [0.4, 0.5) is 11.4 Å². The van der Waals surface area contributed by atoms with Gasteiger partial charge < -0.3 is 5.32 Å². The number of nitrogens with one attached hydrogen (secondary N) is 2. The van der Waals surface area contributed by atoms with Gasteiger partial charge in [-0.05, 0) is 49.7 Å². The molecule has 2 N–H and O–H groups in total. The molecule has 0 unspecified atom stereocenters. The fraction of sp³-hybridized carbons (Fsp3) is 0.235. The first-order valence-electron chi connectivity index (χ1n) is 7.32. The van der Waals surface area contributed by atoms with Gasteiger partial charge in [-0.3, -0.25) is 9.52 Å². The van der Waals surface area contributed by atoms with E-state index in [1.54, 1.807) is 25.1 Å². The molecule has 0 aliphatic heterocycles. The zero-order chi connectivity index (χ0) is 17.0. The van der Waals surface area contributed by atoms with E-state index in [-0.39, 0.29) is 10.8 Å². The van der Waals surface area contributed by atoms with E-state index in [9.17, 15) is 13.2 Å². The van der Waals surface area contributed by atoms with E-state index < -0.39 is 10.0 Å². The lowest BCUT2D eigenvalue weighted by atomic mass is 10.1. The zero-order valence-corrected chi connectivity index (χ0v) is 14.2. The van der Waals surface area contributed by atoms with Crippen LogP contribution in [0, 0.1) is 13.8 Å². The topological polar surface area (TPSA) is 75.3 Å². The summed E-state index contributed by atoms with van der Waals surface area (Å²) in [5.74, 6) is -0.117. The monoisotopic (exact) mass is 332 g/mol. The predicted molar refractivity (Wildman–Crippen MR) is 92.1 cm³/mol. The summed E-state index contributed by atoms with van der Waals surface area (Å²) in [5.41, 5.74) is 3.06. The number of sulfonamides is 1. The molecule has 0 saturated carbocycles. The Kier molecular flexibility index (Phi) is 5.05. The fourth-order valence-corrected chi connectivity index (χ4v) is 3.23. The number of amides is 1. The third-order valence-electron chi connectivity index (χ3n) is 3.40. The average molecular weight is 332 g/mol. The van der Waals surface area contributed by atoms with E-state index in [4.69, 9.17) is 0 Å². The molecule has 2 aromatic carbocycles. The molecular weight excluding hydrogens is 312 g/mol. The van der Waals surface area contributed by atoms with E-state index in [0.29, 0.717) is 17.8 Å². The summed E-state index contributed by atoms with van der Waals surface area (Å²) in [6, 6.07) is 11.6.